The Balaban J connectivity index is 1.63. The van der Waals surface area contributed by atoms with Crippen LogP contribution in [-0.4, -0.2) is 30.6 Å². The van der Waals surface area contributed by atoms with Gasteiger partial charge in [-0.05, 0) is 67.3 Å². The number of benzene rings is 2. The molecular formula is C29H26BrN3O5. The number of Topliss-reactive ketones (excluding diaryl/α,β-unsaturated/α-hetero) is 2. The second kappa shape index (κ2) is 8.39. The van der Waals surface area contributed by atoms with E-state index in [-0.39, 0.29) is 30.3 Å². The summed E-state index contributed by atoms with van der Waals surface area (Å²) in [6.45, 7) is 5.27. The lowest BCUT2D eigenvalue weighted by Crippen LogP contribution is -2.55. The lowest BCUT2D eigenvalue weighted by atomic mass is 9.50. The largest absolute Gasteiger partial charge is 0.508 e. The van der Waals surface area contributed by atoms with Crippen LogP contribution in [0.15, 0.2) is 85.4 Å². The molecule has 0 saturated heterocycles. The van der Waals surface area contributed by atoms with Gasteiger partial charge in [0.15, 0.2) is 11.6 Å². The van der Waals surface area contributed by atoms with Crippen LogP contribution < -0.4 is 11.4 Å². The van der Waals surface area contributed by atoms with Gasteiger partial charge >= 0.3 is 11.4 Å². The average molecular weight is 576 g/mol. The van der Waals surface area contributed by atoms with Crippen molar-refractivity contribution in [3.63, 3.8) is 0 Å². The van der Waals surface area contributed by atoms with Gasteiger partial charge < -0.3 is 5.11 Å². The van der Waals surface area contributed by atoms with Gasteiger partial charge in [0, 0.05) is 21.9 Å². The number of nitrogens with zero attached hydrogens (tertiary/aromatic N) is 3. The zero-order valence-electron chi connectivity index (χ0n) is 21.1. The Morgan fingerprint density at radius 3 is 2.39 bits per heavy atom. The smallest absolute Gasteiger partial charge is 0.352 e. The topological polar surface area (TPSA) is 103 Å². The van der Waals surface area contributed by atoms with Crippen molar-refractivity contribution in [3.05, 3.63) is 102 Å². The molecular weight excluding hydrogens is 550 g/mol. The standard InChI is InChI=1S/C29H26BrN3O5/c1-15-16(2)26(36)29(3)21(25(15)35)14-22-19(24(29)20-13-17(30)9-10-23(20)34)11-12-31-27(37)32(28(38)33(22)31)18-7-5-4-6-8-18/h4-11,13,21-22,24,34H,12,14H2,1-3H3/t21-,22+,24+,29+/m0/s1. The molecule has 2 aromatic carbocycles. The number of halogens is 1. The van der Waals surface area contributed by atoms with Crippen molar-refractivity contribution in [2.45, 2.75) is 45.7 Å². The summed E-state index contributed by atoms with van der Waals surface area (Å²) in [5.41, 5.74) is 0.409. The second-order valence-electron chi connectivity index (χ2n) is 10.5. The second-order valence-corrected chi connectivity index (χ2v) is 11.4. The van der Waals surface area contributed by atoms with Gasteiger partial charge in [0.25, 0.3) is 0 Å². The zero-order chi connectivity index (χ0) is 27.1. The van der Waals surface area contributed by atoms with Gasteiger partial charge in [0.2, 0.25) is 0 Å². The monoisotopic (exact) mass is 575 g/mol. The summed E-state index contributed by atoms with van der Waals surface area (Å²) < 4.78 is 4.68. The fraction of sp³-hybridized carbons (Fsp3) is 0.310. The summed E-state index contributed by atoms with van der Waals surface area (Å²) >= 11 is 3.49. The number of phenolic OH excluding ortho intramolecular Hbond substituents is 1. The molecule has 9 heteroatoms. The van der Waals surface area contributed by atoms with E-state index in [4.69, 9.17) is 0 Å². The van der Waals surface area contributed by atoms with Crippen LogP contribution in [0.5, 0.6) is 5.75 Å². The van der Waals surface area contributed by atoms with Gasteiger partial charge in [-0.15, -0.1) is 0 Å². The lowest BCUT2D eigenvalue weighted by molar-refractivity contribution is -0.140. The van der Waals surface area contributed by atoms with Crippen LogP contribution in [0.4, 0.5) is 0 Å². The Labute approximate surface area is 226 Å². The predicted octanol–water partition coefficient (Wildman–Crippen LogP) is 4.05. The molecule has 8 nitrogen and oxygen atoms in total. The maximum Gasteiger partial charge on any atom is 0.352 e. The predicted molar refractivity (Wildman–Crippen MR) is 145 cm³/mol. The number of fused-ring (bicyclic) bond motifs is 4. The molecule has 2 aliphatic carbocycles. The molecule has 0 bridgehead atoms. The van der Waals surface area contributed by atoms with E-state index in [2.05, 4.69) is 15.9 Å². The maximum atomic E-state index is 14.0. The van der Waals surface area contributed by atoms with Crippen LogP contribution in [0, 0.1) is 11.3 Å². The number of aromatic hydroxyl groups is 1. The van der Waals surface area contributed by atoms with E-state index in [1.54, 1.807) is 63.2 Å². The first-order valence-electron chi connectivity index (χ1n) is 12.5. The van der Waals surface area contributed by atoms with Gasteiger partial charge in [0.1, 0.15) is 5.75 Å². The maximum absolute atomic E-state index is 14.0. The number of carbonyl (C=O) groups excluding carboxylic acids is 2. The summed E-state index contributed by atoms with van der Waals surface area (Å²) in [5.74, 6) is -1.70. The van der Waals surface area contributed by atoms with Crippen LogP contribution in [0.3, 0.4) is 0 Å². The number of allylic oxidation sites excluding steroid dienone is 4. The van der Waals surface area contributed by atoms with Crippen molar-refractivity contribution in [1.29, 1.82) is 0 Å². The molecule has 3 aliphatic rings. The first-order valence-corrected chi connectivity index (χ1v) is 13.3. The molecule has 0 radical (unpaired) electrons. The van der Waals surface area contributed by atoms with E-state index < -0.39 is 34.7 Å². The fourth-order valence-electron chi connectivity index (χ4n) is 6.74. The highest BCUT2D eigenvalue weighted by Gasteiger charge is 2.60. The third-order valence-corrected chi connectivity index (χ3v) is 9.24. The molecule has 4 atom stereocenters. The normalized spacial score (nSPS) is 26.5. The van der Waals surface area contributed by atoms with E-state index in [1.807, 2.05) is 12.1 Å². The molecule has 0 amide bonds. The first kappa shape index (κ1) is 24.6. The van der Waals surface area contributed by atoms with Crippen LogP contribution in [0.1, 0.15) is 44.7 Å². The quantitative estimate of drug-likeness (QED) is 0.464. The summed E-state index contributed by atoms with van der Waals surface area (Å²) in [7, 11) is 0. The number of carbonyl (C=O) groups is 2. The van der Waals surface area contributed by atoms with Gasteiger partial charge in [0.05, 0.1) is 23.7 Å². The minimum absolute atomic E-state index is 0.000989. The number of ketones is 2. The molecule has 1 aliphatic heterocycles. The van der Waals surface area contributed by atoms with Gasteiger partial charge in [-0.25, -0.2) is 23.5 Å². The average Bonchev–Trinajstić information content (AvgIpc) is 3.17. The summed E-state index contributed by atoms with van der Waals surface area (Å²) in [6.07, 6.45) is 2.08. The van der Waals surface area contributed by atoms with Crippen LogP contribution in [-0.2, 0) is 16.1 Å². The highest BCUT2D eigenvalue weighted by Crippen LogP contribution is 2.61. The van der Waals surface area contributed by atoms with Crippen molar-refractivity contribution in [3.8, 4) is 11.4 Å². The van der Waals surface area contributed by atoms with Crippen LogP contribution in [0.2, 0.25) is 0 Å². The minimum atomic E-state index is -1.17. The molecule has 1 N–H and O–H groups in total. The van der Waals surface area contributed by atoms with Crippen LogP contribution >= 0.6 is 15.9 Å². The van der Waals surface area contributed by atoms with Gasteiger partial charge in [-0.1, -0.05) is 47.1 Å². The third-order valence-electron chi connectivity index (χ3n) is 8.75. The molecule has 2 heterocycles. The van der Waals surface area contributed by atoms with Crippen molar-refractivity contribution in [2.24, 2.45) is 11.3 Å². The Bertz CT molecular complexity index is 1720. The third kappa shape index (κ3) is 3.14. The van der Waals surface area contributed by atoms with Crippen molar-refractivity contribution in [2.75, 3.05) is 0 Å². The zero-order valence-corrected chi connectivity index (χ0v) is 22.7. The number of aromatic nitrogens is 3. The summed E-state index contributed by atoms with van der Waals surface area (Å²) in [4.78, 5) is 55.0. The van der Waals surface area contributed by atoms with Crippen molar-refractivity contribution < 1.29 is 14.7 Å². The van der Waals surface area contributed by atoms with E-state index in [0.717, 1.165) is 10.1 Å². The number of phenols is 1. The number of rotatable bonds is 2. The highest BCUT2D eigenvalue weighted by molar-refractivity contribution is 9.10. The van der Waals surface area contributed by atoms with E-state index >= 15 is 0 Å². The molecule has 1 aromatic heterocycles. The van der Waals surface area contributed by atoms with Crippen molar-refractivity contribution in [1.82, 2.24) is 13.9 Å². The molecule has 3 aromatic rings. The minimum Gasteiger partial charge on any atom is -0.508 e. The van der Waals surface area contributed by atoms with Crippen LogP contribution in [0.25, 0.3) is 5.69 Å². The fourth-order valence-corrected chi connectivity index (χ4v) is 7.12. The summed E-state index contributed by atoms with van der Waals surface area (Å²) in [6, 6.07) is 13.1. The van der Waals surface area contributed by atoms with E-state index in [0.29, 0.717) is 26.9 Å². The first-order chi connectivity index (χ1) is 18.1. The molecule has 6 rings (SSSR count). The SMILES string of the molecule is CC1=C(C)C(=O)[C@@]2(C)[C@@H](c3cc(Br)ccc3O)C3=CCn4c(=O)n(-c5ccccc5)c(=O)n4[C@@H]3C[C@H]2C1=O. The number of para-hydroxylation sites is 1. The number of hydrogen-bond acceptors (Lipinski definition) is 5. The van der Waals surface area contributed by atoms with E-state index in [9.17, 15) is 24.3 Å². The Kier molecular flexibility index (Phi) is 5.43. The van der Waals surface area contributed by atoms with Gasteiger partial charge in [-0.2, -0.15) is 0 Å². The summed E-state index contributed by atoms with van der Waals surface area (Å²) in [5, 5.41) is 11.0. The van der Waals surface area contributed by atoms with E-state index in [1.165, 1.54) is 9.36 Å². The molecule has 1 saturated carbocycles. The lowest BCUT2D eigenvalue weighted by Gasteiger charge is -2.53. The van der Waals surface area contributed by atoms with Crippen molar-refractivity contribution >= 4 is 27.5 Å². The Morgan fingerprint density at radius 1 is 0.974 bits per heavy atom. The van der Waals surface area contributed by atoms with Gasteiger partial charge in [-0.3, -0.25) is 9.59 Å². The Hall–Kier alpha value is -3.72. The molecule has 1 fully saturated rings. The Morgan fingerprint density at radius 2 is 1.68 bits per heavy atom. The molecule has 0 spiro atoms. The number of hydrogen-bond donors (Lipinski definition) is 1. The molecule has 0 unspecified atom stereocenters. The molecule has 194 valence electrons. The molecule has 38 heavy (non-hydrogen) atoms. The highest BCUT2D eigenvalue weighted by atomic mass is 79.9.